The van der Waals surface area contributed by atoms with Crippen molar-refractivity contribution < 1.29 is 27.1 Å². The van der Waals surface area contributed by atoms with Gasteiger partial charge in [0.15, 0.2) is 11.7 Å². The molecular formula is C16H15F4N3O2. The van der Waals surface area contributed by atoms with Gasteiger partial charge in [0.05, 0.1) is 12.6 Å². The quantitative estimate of drug-likeness (QED) is 0.670. The Hall–Kier alpha value is -2.58. The highest BCUT2D eigenvalue weighted by molar-refractivity contribution is 5.88. The third kappa shape index (κ3) is 3.45. The van der Waals surface area contributed by atoms with Crippen molar-refractivity contribution in [3.63, 3.8) is 0 Å². The fraction of sp³-hybridized carbons (Fsp3) is 0.375. The zero-order valence-corrected chi connectivity index (χ0v) is 13.2. The van der Waals surface area contributed by atoms with E-state index in [4.69, 9.17) is 4.74 Å². The molecule has 5 nitrogen and oxygen atoms in total. The van der Waals surface area contributed by atoms with Gasteiger partial charge in [-0.3, -0.25) is 0 Å². The number of nitrogens with one attached hydrogen (secondary N) is 1. The number of carbonyl (C=O) groups excluding carboxylic acids is 1. The Balaban J connectivity index is 1.97. The van der Waals surface area contributed by atoms with Gasteiger partial charge in [-0.25, -0.2) is 13.9 Å². The molecule has 9 heteroatoms. The molecule has 1 aliphatic rings. The molecule has 0 aliphatic carbocycles. The van der Waals surface area contributed by atoms with Gasteiger partial charge in [-0.2, -0.15) is 18.3 Å². The molecule has 1 aliphatic heterocycles. The van der Waals surface area contributed by atoms with Crippen LogP contribution in [-0.2, 0) is 4.74 Å². The topological polar surface area (TPSA) is 56.2 Å². The van der Waals surface area contributed by atoms with Gasteiger partial charge in [-0.15, -0.1) is 0 Å². The first-order valence-corrected chi connectivity index (χ1v) is 7.65. The fourth-order valence-electron chi connectivity index (χ4n) is 2.79. The van der Waals surface area contributed by atoms with Gasteiger partial charge >= 0.3 is 12.1 Å². The Morgan fingerprint density at radius 1 is 1.36 bits per heavy atom. The Labute approximate surface area is 140 Å². The Morgan fingerprint density at radius 3 is 2.64 bits per heavy atom. The normalized spacial score (nSPS) is 19.9. The SMILES string of the molecule is CCOC(=O)c1cc2n(n1)[C@@H](C(F)(F)F)C[C@@H](c1ccc(F)cc1)N2. The number of anilines is 1. The predicted molar refractivity (Wildman–Crippen MR) is 80.7 cm³/mol. The van der Waals surface area contributed by atoms with Crippen LogP contribution in [0.4, 0.5) is 23.4 Å². The number of fused-ring (bicyclic) bond motifs is 1. The second kappa shape index (κ2) is 6.38. The van der Waals surface area contributed by atoms with Crippen LogP contribution in [0, 0.1) is 5.82 Å². The number of rotatable bonds is 3. The van der Waals surface area contributed by atoms with Crippen molar-refractivity contribution in [1.29, 1.82) is 0 Å². The number of aromatic nitrogens is 2. The molecule has 0 unspecified atom stereocenters. The minimum Gasteiger partial charge on any atom is -0.461 e. The first kappa shape index (κ1) is 17.2. The molecule has 0 amide bonds. The Morgan fingerprint density at radius 2 is 2.04 bits per heavy atom. The smallest absolute Gasteiger partial charge is 0.410 e. The molecule has 0 bridgehead atoms. The third-order valence-electron chi connectivity index (χ3n) is 3.95. The number of benzene rings is 1. The van der Waals surface area contributed by atoms with E-state index >= 15 is 0 Å². The van der Waals surface area contributed by atoms with Gasteiger partial charge in [0.25, 0.3) is 0 Å². The first-order chi connectivity index (χ1) is 11.8. The highest BCUT2D eigenvalue weighted by atomic mass is 19.4. The lowest BCUT2D eigenvalue weighted by Gasteiger charge is -2.33. The summed E-state index contributed by atoms with van der Waals surface area (Å²) in [7, 11) is 0. The van der Waals surface area contributed by atoms with Crippen LogP contribution in [0.5, 0.6) is 0 Å². The third-order valence-corrected chi connectivity index (χ3v) is 3.95. The lowest BCUT2D eigenvalue weighted by molar-refractivity contribution is -0.173. The maximum atomic E-state index is 13.5. The van der Waals surface area contributed by atoms with Gasteiger partial charge in [0, 0.05) is 12.5 Å². The highest BCUT2D eigenvalue weighted by Crippen LogP contribution is 2.43. The molecule has 0 radical (unpaired) electrons. The molecular weight excluding hydrogens is 342 g/mol. The number of hydrogen-bond acceptors (Lipinski definition) is 4. The number of hydrogen-bond donors (Lipinski definition) is 1. The summed E-state index contributed by atoms with van der Waals surface area (Å²) >= 11 is 0. The molecule has 1 aromatic heterocycles. The van der Waals surface area contributed by atoms with Gasteiger partial charge in [-0.05, 0) is 24.6 Å². The van der Waals surface area contributed by atoms with E-state index in [2.05, 4.69) is 10.4 Å². The second-order valence-electron chi connectivity index (χ2n) is 5.62. The van der Waals surface area contributed by atoms with Crippen molar-refractivity contribution >= 4 is 11.8 Å². The molecule has 25 heavy (non-hydrogen) atoms. The van der Waals surface area contributed by atoms with Crippen LogP contribution < -0.4 is 5.32 Å². The summed E-state index contributed by atoms with van der Waals surface area (Å²) in [5, 5.41) is 6.68. The van der Waals surface area contributed by atoms with Crippen molar-refractivity contribution in [2.75, 3.05) is 11.9 Å². The summed E-state index contributed by atoms with van der Waals surface area (Å²) in [5.41, 5.74) is 0.319. The molecule has 134 valence electrons. The molecule has 2 aromatic rings. The van der Waals surface area contributed by atoms with E-state index < -0.39 is 30.0 Å². The molecule has 1 N–H and O–H groups in total. The summed E-state index contributed by atoms with van der Waals surface area (Å²) in [6.45, 7) is 1.69. The molecule has 0 saturated heterocycles. The maximum Gasteiger partial charge on any atom is 0.410 e. The molecule has 1 aromatic carbocycles. The standard InChI is InChI=1S/C16H15F4N3O2/c1-2-25-15(24)12-8-14-21-11(9-3-5-10(17)6-4-9)7-13(16(18,19)20)23(14)22-12/h3-6,8,11,13,21H,2,7H2,1H3/t11-,13+/m0/s1. The van der Waals surface area contributed by atoms with Gasteiger partial charge in [0.2, 0.25) is 0 Å². The molecule has 0 saturated carbocycles. The van der Waals surface area contributed by atoms with Gasteiger partial charge < -0.3 is 10.1 Å². The molecule has 0 fully saturated rings. The van der Waals surface area contributed by atoms with E-state index in [1.807, 2.05) is 0 Å². The number of halogens is 4. The van der Waals surface area contributed by atoms with Crippen LogP contribution in [0.15, 0.2) is 30.3 Å². The lowest BCUT2D eigenvalue weighted by Crippen LogP contribution is -2.35. The fourth-order valence-corrected chi connectivity index (χ4v) is 2.79. The molecule has 2 atom stereocenters. The van der Waals surface area contributed by atoms with Crippen LogP contribution in [-0.4, -0.2) is 28.5 Å². The summed E-state index contributed by atoms with van der Waals surface area (Å²) in [4.78, 5) is 11.8. The molecule has 2 heterocycles. The van der Waals surface area contributed by atoms with Crippen molar-refractivity contribution in [1.82, 2.24) is 9.78 Å². The van der Waals surface area contributed by atoms with Crippen LogP contribution >= 0.6 is 0 Å². The summed E-state index contributed by atoms with van der Waals surface area (Å²) in [6, 6.07) is 3.88. The number of carbonyl (C=O) groups is 1. The van der Waals surface area contributed by atoms with Gasteiger partial charge in [0.1, 0.15) is 11.6 Å². The van der Waals surface area contributed by atoms with Crippen molar-refractivity contribution in [2.24, 2.45) is 0 Å². The largest absolute Gasteiger partial charge is 0.461 e. The van der Waals surface area contributed by atoms with E-state index in [9.17, 15) is 22.4 Å². The lowest BCUT2D eigenvalue weighted by atomic mass is 9.97. The minimum absolute atomic E-state index is 0.0611. The molecule has 3 rings (SSSR count). The highest BCUT2D eigenvalue weighted by Gasteiger charge is 2.46. The van der Waals surface area contributed by atoms with Gasteiger partial charge in [-0.1, -0.05) is 12.1 Å². The summed E-state index contributed by atoms with van der Waals surface area (Å²) in [5.74, 6) is -1.20. The summed E-state index contributed by atoms with van der Waals surface area (Å²) < 4.78 is 59.0. The Kier molecular flexibility index (Phi) is 4.40. The van der Waals surface area contributed by atoms with E-state index in [-0.39, 0.29) is 24.5 Å². The van der Waals surface area contributed by atoms with Crippen molar-refractivity contribution in [3.05, 3.63) is 47.4 Å². The molecule has 0 spiro atoms. The first-order valence-electron chi connectivity index (χ1n) is 7.65. The second-order valence-corrected chi connectivity index (χ2v) is 5.62. The number of esters is 1. The zero-order valence-electron chi connectivity index (χ0n) is 13.2. The Bertz CT molecular complexity index is 771. The van der Waals surface area contributed by atoms with Crippen LogP contribution in [0.25, 0.3) is 0 Å². The average molecular weight is 357 g/mol. The zero-order chi connectivity index (χ0) is 18.2. The monoisotopic (exact) mass is 357 g/mol. The van der Waals surface area contributed by atoms with E-state index in [1.54, 1.807) is 6.92 Å². The number of alkyl halides is 3. The maximum absolute atomic E-state index is 13.5. The van der Waals surface area contributed by atoms with E-state index in [0.717, 1.165) is 4.68 Å². The minimum atomic E-state index is -4.55. The summed E-state index contributed by atoms with van der Waals surface area (Å²) in [6.07, 6.45) is -4.88. The van der Waals surface area contributed by atoms with Crippen LogP contribution in [0.3, 0.4) is 0 Å². The van der Waals surface area contributed by atoms with E-state index in [0.29, 0.717) is 5.56 Å². The predicted octanol–water partition coefficient (Wildman–Crippen LogP) is 3.86. The van der Waals surface area contributed by atoms with Crippen molar-refractivity contribution in [2.45, 2.75) is 31.6 Å². The number of nitrogens with zero attached hydrogens (tertiary/aromatic N) is 2. The van der Waals surface area contributed by atoms with E-state index in [1.165, 1.54) is 30.3 Å². The van der Waals surface area contributed by atoms with Crippen LogP contribution in [0.1, 0.15) is 41.5 Å². The number of ether oxygens (including phenoxy) is 1. The van der Waals surface area contributed by atoms with Crippen LogP contribution in [0.2, 0.25) is 0 Å². The average Bonchev–Trinajstić information content (AvgIpc) is 2.98. The van der Waals surface area contributed by atoms with Crippen molar-refractivity contribution in [3.8, 4) is 0 Å².